The van der Waals surface area contributed by atoms with Gasteiger partial charge in [0.05, 0.1) is 5.69 Å². The number of carboxylic acids is 1. The summed E-state index contributed by atoms with van der Waals surface area (Å²) < 4.78 is 3.25. The summed E-state index contributed by atoms with van der Waals surface area (Å²) in [6.45, 7) is 7.36. The third kappa shape index (κ3) is 2.64. The number of carboxylic acid groups (broad SMARTS) is 1. The summed E-state index contributed by atoms with van der Waals surface area (Å²) in [6, 6.07) is 1.82. The molecule has 0 aromatic carbocycles. The molecule has 0 amide bonds. The molecule has 0 unspecified atom stereocenters. The second kappa shape index (κ2) is 4.83. The predicted octanol–water partition coefficient (Wildman–Crippen LogP) is 1.09. The van der Waals surface area contributed by atoms with Gasteiger partial charge in [-0.3, -0.25) is 9.48 Å². The van der Waals surface area contributed by atoms with Crippen LogP contribution in [0.2, 0.25) is 0 Å². The van der Waals surface area contributed by atoms with E-state index >= 15 is 0 Å². The first-order valence-corrected chi connectivity index (χ1v) is 6.04. The Morgan fingerprint density at radius 2 is 2.05 bits per heavy atom. The SMILES string of the molecule is Cc1cc(C)n([C@H](C)c2nc(C)nn2CC(=O)O)n1. The Morgan fingerprint density at radius 3 is 2.58 bits per heavy atom. The number of rotatable bonds is 4. The van der Waals surface area contributed by atoms with Crippen molar-refractivity contribution in [1.82, 2.24) is 24.5 Å². The minimum atomic E-state index is -0.938. The van der Waals surface area contributed by atoms with Gasteiger partial charge in [-0.1, -0.05) is 0 Å². The highest BCUT2D eigenvalue weighted by molar-refractivity contribution is 5.66. The van der Waals surface area contributed by atoms with Gasteiger partial charge in [0.15, 0.2) is 5.82 Å². The van der Waals surface area contributed by atoms with Crippen LogP contribution < -0.4 is 0 Å². The van der Waals surface area contributed by atoms with Crippen molar-refractivity contribution in [1.29, 1.82) is 0 Å². The van der Waals surface area contributed by atoms with Crippen LogP contribution >= 0.6 is 0 Å². The highest BCUT2D eigenvalue weighted by atomic mass is 16.4. The zero-order valence-electron chi connectivity index (χ0n) is 11.5. The quantitative estimate of drug-likeness (QED) is 0.892. The van der Waals surface area contributed by atoms with E-state index < -0.39 is 5.97 Å². The maximum Gasteiger partial charge on any atom is 0.325 e. The molecule has 0 aliphatic rings. The van der Waals surface area contributed by atoms with Crippen LogP contribution in [-0.2, 0) is 11.3 Å². The number of aliphatic carboxylic acids is 1. The van der Waals surface area contributed by atoms with Crippen LogP contribution in [0.3, 0.4) is 0 Å². The lowest BCUT2D eigenvalue weighted by molar-refractivity contribution is -0.137. The van der Waals surface area contributed by atoms with Crippen molar-refractivity contribution in [3.63, 3.8) is 0 Å². The molecule has 0 saturated carbocycles. The van der Waals surface area contributed by atoms with Crippen molar-refractivity contribution in [3.05, 3.63) is 29.1 Å². The van der Waals surface area contributed by atoms with Crippen molar-refractivity contribution < 1.29 is 9.90 Å². The van der Waals surface area contributed by atoms with Crippen molar-refractivity contribution in [2.45, 2.75) is 40.3 Å². The molecule has 2 rings (SSSR count). The Labute approximate surface area is 110 Å². The van der Waals surface area contributed by atoms with E-state index in [9.17, 15) is 4.79 Å². The first kappa shape index (κ1) is 13.3. The fraction of sp³-hybridized carbons (Fsp3) is 0.500. The first-order valence-electron chi connectivity index (χ1n) is 6.04. The Kier molecular flexibility index (Phi) is 3.37. The van der Waals surface area contributed by atoms with E-state index in [2.05, 4.69) is 15.2 Å². The van der Waals surface area contributed by atoms with Crippen LogP contribution in [0, 0.1) is 20.8 Å². The summed E-state index contributed by atoms with van der Waals surface area (Å²) >= 11 is 0. The van der Waals surface area contributed by atoms with Gasteiger partial charge in [0, 0.05) is 5.69 Å². The molecule has 19 heavy (non-hydrogen) atoms. The number of nitrogens with zero attached hydrogens (tertiary/aromatic N) is 5. The van der Waals surface area contributed by atoms with Gasteiger partial charge in [-0.25, -0.2) is 9.67 Å². The van der Waals surface area contributed by atoms with Gasteiger partial charge in [-0.15, -0.1) is 0 Å². The van der Waals surface area contributed by atoms with E-state index in [0.29, 0.717) is 11.6 Å². The normalized spacial score (nSPS) is 12.6. The molecule has 2 heterocycles. The number of hydrogen-bond acceptors (Lipinski definition) is 4. The molecular formula is C12H17N5O2. The highest BCUT2D eigenvalue weighted by Gasteiger charge is 2.20. The average molecular weight is 263 g/mol. The summed E-state index contributed by atoms with van der Waals surface area (Å²) in [5.74, 6) is 0.224. The first-order chi connectivity index (χ1) is 8.88. The van der Waals surface area contributed by atoms with Gasteiger partial charge >= 0.3 is 5.97 Å². The molecule has 102 valence electrons. The summed E-state index contributed by atoms with van der Waals surface area (Å²) in [7, 11) is 0. The van der Waals surface area contributed by atoms with E-state index in [1.807, 2.05) is 31.5 Å². The molecule has 0 bridgehead atoms. The van der Waals surface area contributed by atoms with Crippen LogP contribution in [0.1, 0.15) is 36.0 Å². The lowest BCUT2D eigenvalue weighted by Gasteiger charge is -2.14. The summed E-state index contributed by atoms with van der Waals surface area (Å²) in [5, 5.41) is 17.4. The van der Waals surface area contributed by atoms with Gasteiger partial charge in [0.2, 0.25) is 0 Å². The summed E-state index contributed by atoms with van der Waals surface area (Å²) in [6.07, 6.45) is 0. The minimum absolute atomic E-state index is 0.158. The third-order valence-electron chi connectivity index (χ3n) is 2.88. The lowest BCUT2D eigenvalue weighted by atomic mass is 10.3. The molecule has 0 aliphatic carbocycles. The average Bonchev–Trinajstić information content (AvgIpc) is 2.80. The molecule has 0 radical (unpaired) electrons. The van der Waals surface area contributed by atoms with Crippen LogP contribution in [-0.4, -0.2) is 35.6 Å². The fourth-order valence-corrected chi connectivity index (χ4v) is 2.17. The van der Waals surface area contributed by atoms with Crippen LogP contribution in [0.4, 0.5) is 0 Å². The van der Waals surface area contributed by atoms with E-state index in [0.717, 1.165) is 11.4 Å². The summed E-state index contributed by atoms with van der Waals surface area (Å²) in [4.78, 5) is 15.2. The Balaban J connectivity index is 2.40. The van der Waals surface area contributed by atoms with Crippen molar-refractivity contribution in [2.75, 3.05) is 0 Å². The van der Waals surface area contributed by atoms with Crippen LogP contribution in [0.25, 0.3) is 0 Å². The molecule has 1 N–H and O–H groups in total. The van der Waals surface area contributed by atoms with Gasteiger partial charge in [0.1, 0.15) is 18.4 Å². The summed E-state index contributed by atoms with van der Waals surface area (Å²) in [5.41, 5.74) is 1.93. The molecule has 7 heteroatoms. The van der Waals surface area contributed by atoms with Crippen LogP contribution in [0.5, 0.6) is 0 Å². The van der Waals surface area contributed by atoms with E-state index in [-0.39, 0.29) is 12.6 Å². The Bertz CT molecular complexity index is 614. The smallest absolute Gasteiger partial charge is 0.325 e. The largest absolute Gasteiger partial charge is 0.480 e. The molecule has 2 aromatic heterocycles. The second-order valence-electron chi connectivity index (χ2n) is 4.62. The molecule has 2 aromatic rings. The Morgan fingerprint density at radius 1 is 1.37 bits per heavy atom. The second-order valence-corrected chi connectivity index (χ2v) is 4.62. The van der Waals surface area contributed by atoms with Gasteiger partial charge in [-0.2, -0.15) is 10.2 Å². The number of aryl methyl sites for hydroxylation is 3. The topological polar surface area (TPSA) is 85.8 Å². The molecule has 0 fully saturated rings. The van der Waals surface area contributed by atoms with Crippen molar-refractivity contribution in [3.8, 4) is 0 Å². The molecular weight excluding hydrogens is 246 g/mol. The zero-order valence-corrected chi connectivity index (χ0v) is 11.5. The van der Waals surface area contributed by atoms with Gasteiger partial charge in [-0.05, 0) is 33.8 Å². The number of aromatic nitrogens is 5. The molecule has 0 spiro atoms. The maximum atomic E-state index is 10.8. The zero-order chi connectivity index (χ0) is 14.2. The van der Waals surface area contributed by atoms with Crippen molar-refractivity contribution in [2.24, 2.45) is 0 Å². The predicted molar refractivity (Wildman–Crippen MR) is 67.9 cm³/mol. The van der Waals surface area contributed by atoms with Crippen LogP contribution in [0.15, 0.2) is 6.07 Å². The molecule has 7 nitrogen and oxygen atoms in total. The molecule has 1 atom stereocenters. The highest BCUT2D eigenvalue weighted by Crippen LogP contribution is 2.18. The molecule has 0 aliphatic heterocycles. The minimum Gasteiger partial charge on any atom is -0.480 e. The van der Waals surface area contributed by atoms with Gasteiger partial charge < -0.3 is 5.11 Å². The number of hydrogen-bond donors (Lipinski definition) is 1. The van der Waals surface area contributed by atoms with E-state index in [4.69, 9.17) is 5.11 Å². The number of carbonyl (C=O) groups is 1. The standard InChI is InChI=1S/C12H17N5O2/c1-7-5-8(2)17(14-7)9(3)12-13-10(4)15-16(12)6-11(18)19/h5,9H,6H2,1-4H3,(H,18,19)/t9-/m1/s1. The van der Waals surface area contributed by atoms with E-state index in [1.54, 1.807) is 6.92 Å². The molecule has 0 saturated heterocycles. The van der Waals surface area contributed by atoms with E-state index in [1.165, 1.54) is 4.68 Å². The monoisotopic (exact) mass is 263 g/mol. The Hall–Kier alpha value is -2.18. The maximum absolute atomic E-state index is 10.8. The third-order valence-corrected chi connectivity index (χ3v) is 2.88. The lowest BCUT2D eigenvalue weighted by Crippen LogP contribution is -2.19. The fourth-order valence-electron chi connectivity index (χ4n) is 2.17. The van der Waals surface area contributed by atoms with Gasteiger partial charge in [0.25, 0.3) is 0 Å². The van der Waals surface area contributed by atoms with Crippen molar-refractivity contribution >= 4 is 5.97 Å².